The molecule has 0 fully saturated rings. The van der Waals surface area contributed by atoms with E-state index in [-0.39, 0.29) is 0 Å². The summed E-state index contributed by atoms with van der Waals surface area (Å²) in [6, 6.07) is 93.9. The van der Waals surface area contributed by atoms with Crippen LogP contribution in [0.25, 0.3) is 130 Å². The number of hydrogen-bond donors (Lipinski definition) is 0. The van der Waals surface area contributed by atoms with Gasteiger partial charge in [-0.2, -0.15) is 0 Å². The third kappa shape index (κ3) is 7.00. The zero-order valence-electron chi connectivity index (χ0n) is 36.7. The maximum atomic E-state index is 2.39. The molecule has 1 heterocycles. The summed E-state index contributed by atoms with van der Waals surface area (Å²) in [6.07, 6.45) is 0. The molecule has 0 nitrogen and oxygen atoms in total. The molecule has 0 atom stereocenters. The maximum Gasteiger partial charge on any atom is 0.0434 e. The van der Waals surface area contributed by atoms with Crippen molar-refractivity contribution < 1.29 is 0 Å². The van der Waals surface area contributed by atoms with Gasteiger partial charge in [0.25, 0.3) is 0 Å². The summed E-state index contributed by atoms with van der Waals surface area (Å²) in [5, 5.41) is 10.4. The van der Waals surface area contributed by atoms with Crippen LogP contribution in [0, 0.1) is 0 Å². The lowest BCUT2D eigenvalue weighted by Crippen LogP contribution is -1.86. The van der Waals surface area contributed by atoms with E-state index < -0.39 is 0 Å². The van der Waals surface area contributed by atoms with Gasteiger partial charge in [-0.25, -0.2) is 0 Å². The van der Waals surface area contributed by atoms with E-state index in [9.17, 15) is 0 Å². The Labute approximate surface area is 394 Å². The molecular weight excluding hydrogens is 825 g/mol. The van der Waals surface area contributed by atoms with Gasteiger partial charge in [0.1, 0.15) is 0 Å². The highest BCUT2D eigenvalue weighted by molar-refractivity contribution is 7.26. The summed E-state index contributed by atoms with van der Waals surface area (Å²) in [4.78, 5) is 0. The number of fused-ring (bicyclic) bond motifs is 9. The smallest absolute Gasteiger partial charge is 0.0434 e. The van der Waals surface area contributed by atoms with E-state index in [1.165, 1.54) is 130 Å². The summed E-state index contributed by atoms with van der Waals surface area (Å²) in [5.74, 6) is 0. The minimum absolute atomic E-state index is 1.20. The molecule has 312 valence electrons. The van der Waals surface area contributed by atoms with Gasteiger partial charge in [-0.3, -0.25) is 0 Å². The molecule has 1 heteroatoms. The summed E-state index contributed by atoms with van der Waals surface area (Å²) in [5.41, 5.74) is 17.1. The third-order valence-electron chi connectivity index (χ3n) is 13.6. The minimum atomic E-state index is 1.20. The highest BCUT2D eigenvalue weighted by atomic mass is 32.1. The van der Waals surface area contributed by atoms with Crippen molar-refractivity contribution in [3.05, 3.63) is 255 Å². The second-order valence-corrected chi connectivity index (χ2v) is 18.7. The van der Waals surface area contributed by atoms with Crippen LogP contribution >= 0.6 is 11.3 Å². The third-order valence-corrected chi connectivity index (χ3v) is 14.8. The highest BCUT2D eigenvalue weighted by Crippen LogP contribution is 2.45. The van der Waals surface area contributed by atoms with Crippen LogP contribution in [0.5, 0.6) is 0 Å². The fourth-order valence-corrected chi connectivity index (χ4v) is 11.5. The Kier molecular flexibility index (Phi) is 9.48. The molecule has 0 radical (unpaired) electrons. The summed E-state index contributed by atoms with van der Waals surface area (Å²) >= 11 is 1.90. The second-order valence-electron chi connectivity index (χ2n) is 17.6. The highest BCUT2D eigenvalue weighted by Gasteiger charge is 2.16. The zero-order chi connectivity index (χ0) is 44.3. The lowest BCUT2D eigenvalue weighted by Gasteiger charge is -2.13. The number of thiophene rings is 1. The summed E-state index contributed by atoms with van der Waals surface area (Å²) < 4.78 is 2.63. The summed E-state index contributed by atoms with van der Waals surface area (Å²) in [6.45, 7) is 0. The Hall–Kier alpha value is -8.36. The van der Waals surface area contributed by atoms with Crippen LogP contribution in [-0.4, -0.2) is 0 Å². The average molecular weight is 867 g/mol. The summed E-state index contributed by atoms with van der Waals surface area (Å²) in [7, 11) is 0. The first-order chi connectivity index (χ1) is 33.2. The zero-order valence-corrected chi connectivity index (χ0v) is 37.5. The predicted octanol–water partition coefficient (Wildman–Crippen LogP) is 19.2. The number of hydrogen-bond acceptors (Lipinski definition) is 1. The molecule has 0 aliphatic heterocycles. The molecule has 0 saturated carbocycles. The maximum absolute atomic E-state index is 2.39. The van der Waals surface area contributed by atoms with Crippen LogP contribution in [0.1, 0.15) is 0 Å². The van der Waals surface area contributed by atoms with Crippen molar-refractivity contribution in [3.8, 4) is 77.9 Å². The van der Waals surface area contributed by atoms with E-state index in [2.05, 4.69) is 255 Å². The Morgan fingerprint density at radius 2 is 0.522 bits per heavy atom. The molecule has 0 spiro atoms. The van der Waals surface area contributed by atoms with Crippen molar-refractivity contribution in [1.29, 1.82) is 0 Å². The van der Waals surface area contributed by atoms with Crippen molar-refractivity contribution in [2.45, 2.75) is 0 Å². The van der Waals surface area contributed by atoms with Crippen molar-refractivity contribution in [2.75, 3.05) is 0 Å². The minimum Gasteiger partial charge on any atom is -0.135 e. The average Bonchev–Trinajstić information content (AvgIpc) is 3.79. The van der Waals surface area contributed by atoms with E-state index in [4.69, 9.17) is 0 Å². The van der Waals surface area contributed by atoms with Crippen molar-refractivity contribution in [2.24, 2.45) is 0 Å². The molecule has 0 aliphatic carbocycles. The molecule has 13 rings (SSSR count). The molecule has 0 unspecified atom stereocenters. The van der Waals surface area contributed by atoms with Gasteiger partial charge < -0.3 is 0 Å². The van der Waals surface area contributed by atoms with Gasteiger partial charge in [0.15, 0.2) is 0 Å². The molecule has 0 bridgehead atoms. The SMILES string of the molecule is c1ccc(-c2cc(-c3ccccc3)c3sc4cc(-c5cccc(-c6cccc(-c7cccc(-c8cccc(-c9ccc%10c%11ccccc%11c%11ccccc%11c%10c9)c8)c7)c6)c5)ccc4c3c2)cc1. The quantitative estimate of drug-likeness (QED) is 0.140. The lowest BCUT2D eigenvalue weighted by molar-refractivity contribution is 1.56. The molecule has 0 N–H and O–H groups in total. The van der Waals surface area contributed by atoms with E-state index in [0.717, 1.165) is 0 Å². The molecule has 12 aromatic carbocycles. The second kappa shape index (κ2) is 16.3. The Balaban J connectivity index is 0.818. The van der Waals surface area contributed by atoms with Crippen molar-refractivity contribution in [1.82, 2.24) is 0 Å². The largest absolute Gasteiger partial charge is 0.135 e. The molecule has 1 aromatic heterocycles. The van der Waals surface area contributed by atoms with Gasteiger partial charge in [0.05, 0.1) is 0 Å². The molecule has 0 aliphatic rings. The van der Waals surface area contributed by atoms with Crippen LogP contribution < -0.4 is 0 Å². The first-order valence-corrected chi connectivity index (χ1v) is 23.9. The fraction of sp³-hybridized carbons (Fsp3) is 0. The topological polar surface area (TPSA) is 0 Å². The first kappa shape index (κ1) is 39.0. The first-order valence-electron chi connectivity index (χ1n) is 23.1. The Morgan fingerprint density at radius 1 is 0.179 bits per heavy atom. The molecule has 0 amide bonds. The predicted molar refractivity (Wildman–Crippen MR) is 290 cm³/mol. The van der Waals surface area contributed by atoms with Gasteiger partial charge in [0, 0.05) is 25.7 Å². The molecular formula is C66H42S. The number of benzene rings is 12. The van der Waals surface area contributed by atoms with Crippen LogP contribution in [0.3, 0.4) is 0 Å². The monoisotopic (exact) mass is 866 g/mol. The van der Waals surface area contributed by atoms with Crippen LogP contribution in [0.2, 0.25) is 0 Å². The van der Waals surface area contributed by atoms with Crippen LogP contribution in [-0.2, 0) is 0 Å². The van der Waals surface area contributed by atoms with E-state index >= 15 is 0 Å². The van der Waals surface area contributed by atoms with Crippen LogP contribution in [0.4, 0.5) is 0 Å². The van der Waals surface area contributed by atoms with Gasteiger partial charge in [0.2, 0.25) is 0 Å². The van der Waals surface area contributed by atoms with Crippen LogP contribution in [0.15, 0.2) is 255 Å². The Morgan fingerprint density at radius 3 is 1.00 bits per heavy atom. The lowest BCUT2D eigenvalue weighted by atomic mass is 9.91. The van der Waals surface area contributed by atoms with Gasteiger partial charge >= 0.3 is 0 Å². The van der Waals surface area contributed by atoms with E-state index in [0.29, 0.717) is 0 Å². The fourth-order valence-electron chi connectivity index (χ4n) is 10.3. The van der Waals surface area contributed by atoms with Gasteiger partial charge in [-0.1, -0.05) is 206 Å². The number of rotatable bonds is 7. The standard InChI is InChI=1S/C66H42S/c1-3-15-43(16-4-1)55-40-62(44-17-5-2-6-18-44)66-64(41-55)61-34-32-54(42-65(61)67-66)52-26-14-24-50(38-52)48-22-12-20-46(36-48)45-19-11-21-47(35-45)49-23-13-25-51(37-49)53-31-33-60-58-29-8-7-27-56(58)57-28-9-10-30-59(57)63(60)39-53/h1-42H. The Bertz CT molecular complexity index is 3990. The van der Waals surface area contributed by atoms with Gasteiger partial charge in [-0.05, 0) is 153 Å². The van der Waals surface area contributed by atoms with Crippen molar-refractivity contribution in [3.63, 3.8) is 0 Å². The van der Waals surface area contributed by atoms with E-state index in [1.807, 2.05) is 11.3 Å². The van der Waals surface area contributed by atoms with E-state index in [1.54, 1.807) is 0 Å². The van der Waals surface area contributed by atoms with Crippen molar-refractivity contribution >= 4 is 63.8 Å². The van der Waals surface area contributed by atoms with Gasteiger partial charge in [-0.15, -0.1) is 11.3 Å². The normalized spacial score (nSPS) is 11.6. The molecule has 67 heavy (non-hydrogen) atoms. The molecule has 0 saturated heterocycles. The molecule has 13 aromatic rings.